The molecule has 0 aliphatic carbocycles. The zero-order valence-electron chi connectivity index (χ0n) is 14.9. The molecular formula is C19H22ClN3O3. The highest BCUT2D eigenvalue weighted by molar-refractivity contribution is 6.32. The van der Waals surface area contributed by atoms with Crippen LogP contribution in [0.15, 0.2) is 24.4 Å². The standard InChI is InChI=1S/C19H22ClN3O3/c1-12(2)26-17-4-3-13(9-15(17)20)19-21-10-14-11-23(8-6-18(24)25)7-5-16(14)22-19/h3-4,9-10,12H,5-8,11H2,1-2H3,(H,24,25). The Hall–Kier alpha value is -2.18. The number of carbonyl (C=O) groups is 1. The first-order chi connectivity index (χ1) is 12.4. The molecule has 1 aromatic heterocycles. The first kappa shape index (κ1) is 18.6. The summed E-state index contributed by atoms with van der Waals surface area (Å²) in [4.78, 5) is 22.0. The van der Waals surface area contributed by atoms with Gasteiger partial charge in [0, 0.05) is 43.4 Å². The van der Waals surface area contributed by atoms with Gasteiger partial charge in [-0.15, -0.1) is 0 Å². The van der Waals surface area contributed by atoms with Crippen LogP contribution in [-0.2, 0) is 17.8 Å². The molecule has 1 N–H and O–H groups in total. The Balaban J connectivity index is 1.76. The summed E-state index contributed by atoms with van der Waals surface area (Å²) in [5, 5.41) is 9.36. The van der Waals surface area contributed by atoms with Crippen LogP contribution in [0.5, 0.6) is 5.75 Å². The summed E-state index contributed by atoms with van der Waals surface area (Å²) in [5.41, 5.74) is 2.92. The van der Waals surface area contributed by atoms with E-state index in [0.717, 1.165) is 29.8 Å². The second-order valence-electron chi connectivity index (χ2n) is 6.65. The molecule has 6 nitrogen and oxygen atoms in total. The molecule has 0 unspecified atom stereocenters. The van der Waals surface area contributed by atoms with Gasteiger partial charge in [-0.2, -0.15) is 0 Å². The normalized spacial score (nSPS) is 14.3. The molecule has 0 atom stereocenters. The highest BCUT2D eigenvalue weighted by atomic mass is 35.5. The molecule has 0 spiro atoms. The fourth-order valence-corrected chi connectivity index (χ4v) is 3.17. The van der Waals surface area contributed by atoms with E-state index in [1.165, 1.54) is 0 Å². The average Bonchev–Trinajstić information content (AvgIpc) is 2.60. The van der Waals surface area contributed by atoms with Crippen molar-refractivity contribution >= 4 is 17.6 Å². The Labute approximate surface area is 157 Å². The lowest BCUT2D eigenvalue weighted by molar-refractivity contribution is -0.137. The van der Waals surface area contributed by atoms with Gasteiger partial charge in [0.15, 0.2) is 5.82 Å². The van der Waals surface area contributed by atoms with E-state index in [-0.39, 0.29) is 12.5 Å². The maximum atomic E-state index is 10.7. The lowest BCUT2D eigenvalue weighted by Gasteiger charge is -2.27. The number of hydrogen-bond acceptors (Lipinski definition) is 5. The van der Waals surface area contributed by atoms with Gasteiger partial charge < -0.3 is 9.84 Å². The van der Waals surface area contributed by atoms with Gasteiger partial charge in [0.2, 0.25) is 0 Å². The summed E-state index contributed by atoms with van der Waals surface area (Å²) in [6.45, 7) is 5.94. The number of rotatable bonds is 6. The van der Waals surface area contributed by atoms with Crippen LogP contribution in [0.25, 0.3) is 11.4 Å². The number of nitrogens with zero attached hydrogens (tertiary/aromatic N) is 3. The number of halogens is 1. The summed E-state index contributed by atoms with van der Waals surface area (Å²) in [6, 6.07) is 5.57. The number of carboxylic acids is 1. The third kappa shape index (κ3) is 4.51. The predicted octanol–water partition coefficient (Wildman–Crippen LogP) is 3.42. The molecule has 138 valence electrons. The van der Waals surface area contributed by atoms with Gasteiger partial charge in [-0.05, 0) is 32.0 Å². The zero-order chi connectivity index (χ0) is 18.7. The maximum Gasteiger partial charge on any atom is 0.304 e. The van der Waals surface area contributed by atoms with E-state index in [9.17, 15) is 4.79 Å². The molecule has 3 rings (SSSR count). The third-order valence-corrected chi connectivity index (χ3v) is 4.50. The zero-order valence-corrected chi connectivity index (χ0v) is 15.7. The van der Waals surface area contributed by atoms with Crippen molar-refractivity contribution < 1.29 is 14.6 Å². The summed E-state index contributed by atoms with van der Waals surface area (Å²) in [7, 11) is 0. The van der Waals surface area contributed by atoms with E-state index in [4.69, 9.17) is 26.4 Å². The Bertz CT molecular complexity index is 811. The molecule has 2 heterocycles. The van der Waals surface area contributed by atoms with Gasteiger partial charge in [0.05, 0.1) is 23.2 Å². The van der Waals surface area contributed by atoms with Crippen LogP contribution >= 0.6 is 11.6 Å². The van der Waals surface area contributed by atoms with E-state index >= 15 is 0 Å². The van der Waals surface area contributed by atoms with Crippen LogP contribution in [-0.4, -0.2) is 45.1 Å². The maximum absolute atomic E-state index is 10.7. The molecule has 1 aromatic carbocycles. The minimum Gasteiger partial charge on any atom is -0.489 e. The van der Waals surface area contributed by atoms with E-state index < -0.39 is 5.97 Å². The van der Waals surface area contributed by atoms with Crippen molar-refractivity contribution in [2.75, 3.05) is 13.1 Å². The first-order valence-electron chi connectivity index (χ1n) is 8.68. The molecule has 0 radical (unpaired) electrons. The Kier molecular flexibility index (Phi) is 5.74. The summed E-state index contributed by atoms with van der Waals surface area (Å²) < 4.78 is 5.66. The molecule has 7 heteroatoms. The second-order valence-corrected chi connectivity index (χ2v) is 7.05. The number of aromatic nitrogens is 2. The average molecular weight is 376 g/mol. The molecule has 2 aromatic rings. The van der Waals surface area contributed by atoms with Crippen LogP contribution in [0.2, 0.25) is 5.02 Å². The number of fused-ring (bicyclic) bond motifs is 1. The van der Waals surface area contributed by atoms with Crippen molar-refractivity contribution in [3.8, 4) is 17.1 Å². The highest BCUT2D eigenvalue weighted by Gasteiger charge is 2.19. The van der Waals surface area contributed by atoms with E-state index in [1.807, 2.05) is 38.2 Å². The molecular weight excluding hydrogens is 354 g/mol. The van der Waals surface area contributed by atoms with Crippen molar-refractivity contribution in [2.24, 2.45) is 0 Å². The number of carboxylic acid groups (broad SMARTS) is 1. The van der Waals surface area contributed by atoms with Crippen molar-refractivity contribution in [3.05, 3.63) is 40.7 Å². The summed E-state index contributed by atoms with van der Waals surface area (Å²) in [6.07, 6.45) is 2.82. The van der Waals surface area contributed by atoms with Crippen LogP contribution in [0.1, 0.15) is 31.5 Å². The van der Waals surface area contributed by atoms with Crippen LogP contribution in [0.3, 0.4) is 0 Å². The van der Waals surface area contributed by atoms with Crippen molar-refractivity contribution in [1.29, 1.82) is 0 Å². The summed E-state index contributed by atoms with van der Waals surface area (Å²) >= 11 is 6.31. The molecule has 0 bridgehead atoms. The Morgan fingerprint density at radius 2 is 2.23 bits per heavy atom. The molecule has 1 aliphatic heterocycles. The monoisotopic (exact) mass is 375 g/mol. The molecule has 1 aliphatic rings. The van der Waals surface area contributed by atoms with E-state index in [1.54, 1.807) is 0 Å². The van der Waals surface area contributed by atoms with Gasteiger partial charge in [-0.25, -0.2) is 9.97 Å². The number of hydrogen-bond donors (Lipinski definition) is 1. The minimum atomic E-state index is -0.774. The fraction of sp³-hybridized carbons (Fsp3) is 0.421. The number of ether oxygens (including phenoxy) is 1. The van der Waals surface area contributed by atoms with Gasteiger partial charge in [-0.3, -0.25) is 9.69 Å². The third-order valence-electron chi connectivity index (χ3n) is 4.21. The number of benzene rings is 1. The smallest absolute Gasteiger partial charge is 0.304 e. The predicted molar refractivity (Wildman–Crippen MR) is 99.5 cm³/mol. The lowest BCUT2D eigenvalue weighted by atomic mass is 10.1. The van der Waals surface area contributed by atoms with Gasteiger partial charge in [-0.1, -0.05) is 11.6 Å². The lowest BCUT2D eigenvalue weighted by Crippen LogP contribution is -2.33. The van der Waals surface area contributed by atoms with Gasteiger partial charge in [0.25, 0.3) is 0 Å². The molecule has 0 amide bonds. The first-order valence-corrected chi connectivity index (χ1v) is 9.05. The van der Waals surface area contributed by atoms with Crippen LogP contribution in [0.4, 0.5) is 0 Å². The van der Waals surface area contributed by atoms with E-state index in [2.05, 4.69) is 9.88 Å². The van der Waals surface area contributed by atoms with Crippen LogP contribution < -0.4 is 4.74 Å². The SMILES string of the molecule is CC(C)Oc1ccc(-c2ncc3c(n2)CCN(CCC(=O)O)C3)cc1Cl. The largest absolute Gasteiger partial charge is 0.489 e. The molecule has 0 saturated heterocycles. The second kappa shape index (κ2) is 8.01. The van der Waals surface area contributed by atoms with Gasteiger partial charge in [0.1, 0.15) is 5.75 Å². The van der Waals surface area contributed by atoms with E-state index in [0.29, 0.717) is 29.7 Å². The van der Waals surface area contributed by atoms with Crippen LogP contribution in [0, 0.1) is 0 Å². The topological polar surface area (TPSA) is 75.6 Å². The molecule has 26 heavy (non-hydrogen) atoms. The van der Waals surface area contributed by atoms with Crippen molar-refractivity contribution in [1.82, 2.24) is 14.9 Å². The van der Waals surface area contributed by atoms with Crippen molar-refractivity contribution in [2.45, 2.75) is 39.3 Å². The Morgan fingerprint density at radius 3 is 2.92 bits per heavy atom. The fourth-order valence-electron chi connectivity index (χ4n) is 2.95. The van der Waals surface area contributed by atoms with Gasteiger partial charge >= 0.3 is 5.97 Å². The highest BCUT2D eigenvalue weighted by Crippen LogP contribution is 2.30. The molecule has 0 saturated carbocycles. The Morgan fingerprint density at radius 1 is 1.42 bits per heavy atom. The summed E-state index contributed by atoms with van der Waals surface area (Å²) in [5.74, 6) is 0.516. The minimum absolute atomic E-state index is 0.0578. The van der Waals surface area contributed by atoms with Crippen molar-refractivity contribution in [3.63, 3.8) is 0 Å². The number of aliphatic carboxylic acids is 1. The molecule has 0 fully saturated rings. The quantitative estimate of drug-likeness (QED) is 0.833.